The second-order valence-corrected chi connectivity index (χ2v) is 2.08. The second kappa shape index (κ2) is 2.91. The number of alkyl halides is 6. The Morgan fingerprint density at radius 2 is 1.55 bits per heavy atom. The van der Waals surface area contributed by atoms with E-state index in [1.165, 1.54) is 0 Å². The van der Waals surface area contributed by atoms with Crippen LogP contribution in [0.1, 0.15) is 6.92 Å². The molecule has 0 aliphatic rings. The number of hydrogen-bond acceptors (Lipinski definition) is 0. The Bertz CT molecular complexity index is 129. The standard InChI is InChI=1S/C5H6F6/c1-3(7)5(10,11)4(8,9)2-6/h3H,2H2,1H3. The molecule has 6 heteroatoms. The van der Waals surface area contributed by atoms with Crippen molar-refractivity contribution < 1.29 is 26.3 Å². The lowest BCUT2D eigenvalue weighted by molar-refractivity contribution is -0.240. The summed E-state index contributed by atoms with van der Waals surface area (Å²) in [6.07, 6.45) is -3.06. The summed E-state index contributed by atoms with van der Waals surface area (Å²) in [6, 6.07) is 0. The third kappa shape index (κ3) is 1.78. The van der Waals surface area contributed by atoms with Crippen LogP contribution in [0.25, 0.3) is 0 Å². The van der Waals surface area contributed by atoms with Crippen LogP contribution in [0.2, 0.25) is 0 Å². The molecule has 1 unspecified atom stereocenters. The van der Waals surface area contributed by atoms with Crippen molar-refractivity contribution >= 4 is 0 Å². The van der Waals surface area contributed by atoms with Crippen molar-refractivity contribution in [3.63, 3.8) is 0 Å². The molecule has 0 bridgehead atoms. The van der Waals surface area contributed by atoms with Gasteiger partial charge in [0.25, 0.3) is 0 Å². The van der Waals surface area contributed by atoms with Crippen molar-refractivity contribution in [2.45, 2.75) is 24.9 Å². The molecule has 1 atom stereocenters. The van der Waals surface area contributed by atoms with Crippen molar-refractivity contribution in [3.05, 3.63) is 0 Å². The molecular formula is C5H6F6. The van der Waals surface area contributed by atoms with Gasteiger partial charge in [-0.05, 0) is 6.92 Å². The first-order valence-corrected chi connectivity index (χ1v) is 2.71. The fourth-order valence-electron chi connectivity index (χ4n) is 0.380. The molecule has 0 fully saturated rings. The van der Waals surface area contributed by atoms with Gasteiger partial charge in [-0.1, -0.05) is 0 Å². The Morgan fingerprint density at radius 3 is 1.64 bits per heavy atom. The highest BCUT2D eigenvalue weighted by Crippen LogP contribution is 2.38. The molecule has 0 saturated heterocycles. The van der Waals surface area contributed by atoms with Crippen molar-refractivity contribution in [1.29, 1.82) is 0 Å². The fourth-order valence-corrected chi connectivity index (χ4v) is 0.380. The van der Waals surface area contributed by atoms with Gasteiger partial charge in [0.1, 0.15) is 0 Å². The highest BCUT2D eigenvalue weighted by atomic mass is 19.3. The van der Waals surface area contributed by atoms with Gasteiger partial charge in [-0.3, -0.25) is 0 Å². The molecule has 0 aliphatic carbocycles. The summed E-state index contributed by atoms with van der Waals surface area (Å²) < 4.78 is 70.5. The molecule has 0 N–H and O–H groups in total. The summed E-state index contributed by atoms with van der Waals surface area (Å²) in [4.78, 5) is 0. The first-order chi connectivity index (χ1) is 4.75. The molecule has 0 aromatic carbocycles. The second-order valence-electron chi connectivity index (χ2n) is 2.08. The quantitative estimate of drug-likeness (QED) is 0.585. The van der Waals surface area contributed by atoms with Gasteiger partial charge >= 0.3 is 11.8 Å². The van der Waals surface area contributed by atoms with E-state index in [0.29, 0.717) is 0 Å². The number of rotatable bonds is 3. The Labute approximate surface area is 59.2 Å². The van der Waals surface area contributed by atoms with Crippen LogP contribution < -0.4 is 0 Å². The van der Waals surface area contributed by atoms with E-state index in [9.17, 15) is 26.3 Å². The van der Waals surface area contributed by atoms with Crippen molar-refractivity contribution in [3.8, 4) is 0 Å². The molecule has 11 heavy (non-hydrogen) atoms. The van der Waals surface area contributed by atoms with Crippen LogP contribution in [-0.4, -0.2) is 24.7 Å². The predicted octanol–water partition coefficient (Wildman–Crippen LogP) is 2.58. The molecular weight excluding hydrogens is 174 g/mol. The van der Waals surface area contributed by atoms with Gasteiger partial charge in [0.05, 0.1) is 0 Å². The smallest absolute Gasteiger partial charge is 0.244 e. The van der Waals surface area contributed by atoms with Gasteiger partial charge in [0.15, 0.2) is 12.8 Å². The van der Waals surface area contributed by atoms with E-state index in [1.807, 2.05) is 0 Å². The molecule has 0 radical (unpaired) electrons. The van der Waals surface area contributed by atoms with E-state index in [-0.39, 0.29) is 6.92 Å². The highest BCUT2D eigenvalue weighted by Gasteiger charge is 2.60. The van der Waals surface area contributed by atoms with Crippen LogP contribution in [0.5, 0.6) is 0 Å². The molecule has 0 aromatic rings. The minimum Gasteiger partial charge on any atom is -0.244 e. The average Bonchev–Trinajstić information content (AvgIpc) is 1.87. The third-order valence-corrected chi connectivity index (χ3v) is 1.16. The van der Waals surface area contributed by atoms with Crippen LogP contribution in [-0.2, 0) is 0 Å². The van der Waals surface area contributed by atoms with E-state index < -0.39 is 24.7 Å². The van der Waals surface area contributed by atoms with Crippen LogP contribution >= 0.6 is 0 Å². The minimum atomic E-state index is -4.93. The Hall–Kier alpha value is -0.420. The zero-order valence-corrected chi connectivity index (χ0v) is 5.55. The zero-order valence-electron chi connectivity index (χ0n) is 5.55. The van der Waals surface area contributed by atoms with Crippen molar-refractivity contribution in [2.75, 3.05) is 6.67 Å². The zero-order chi connectivity index (χ0) is 9.28. The molecule has 0 saturated carbocycles. The van der Waals surface area contributed by atoms with Crippen LogP contribution in [0.15, 0.2) is 0 Å². The van der Waals surface area contributed by atoms with E-state index >= 15 is 0 Å². The summed E-state index contributed by atoms with van der Waals surface area (Å²) in [5.41, 5.74) is 0. The molecule has 0 heterocycles. The SMILES string of the molecule is CC(F)C(F)(F)C(F)(F)CF. The summed E-state index contributed by atoms with van der Waals surface area (Å²) >= 11 is 0. The third-order valence-electron chi connectivity index (χ3n) is 1.16. The first-order valence-electron chi connectivity index (χ1n) is 2.71. The van der Waals surface area contributed by atoms with Gasteiger partial charge in [-0.2, -0.15) is 17.6 Å². The van der Waals surface area contributed by atoms with E-state index in [0.717, 1.165) is 0 Å². The maximum atomic E-state index is 12.0. The van der Waals surface area contributed by atoms with Crippen molar-refractivity contribution in [2.24, 2.45) is 0 Å². The van der Waals surface area contributed by atoms with Crippen molar-refractivity contribution in [1.82, 2.24) is 0 Å². The lowest BCUT2D eigenvalue weighted by Crippen LogP contribution is -2.48. The van der Waals surface area contributed by atoms with Gasteiger partial charge in [-0.15, -0.1) is 0 Å². The number of hydrogen-bond donors (Lipinski definition) is 0. The summed E-state index contributed by atoms with van der Waals surface area (Å²) in [6.45, 7) is -2.31. The first kappa shape index (κ1) is 10.6. The Kier molecular flexibility index (Phi) is 2.79. The topological polar surface area (TPSA) is 0 Å². The molecule has 0 aliphatic heterocycles. The maximum absolute atomic E-state index is 12.0. The highest BCUT2D eigenvalue weighted by molar-refractivity contribution is 4.88. The van der Waals surface area contributed by atoms with Gasteiger partial charge in [-0.25, -0.2) is 8.78 Å². The van der Waals surface area contributed by atoms with E-state index in [2.05, 4.69) is 0 Å². The normalized spacial score (nSPS) is 16.6. The molecule has 0 aromatic heterocycles. The molecule has 0 amide bonds. The summed E-state index contributed by atoms with van der Waals surface area (Å²) in [5.74, 6) is -9.84. The largest absolute Gasteiger partial charge is 0.343 e. The maximum Gasteiger partial charge on any atom is 0.343 e. The Balaban J connectivity index is 4.53. The summed E-state index contributed by atoms with van der Waals surface area (Å²) in [5, 5.41) is 0. The average molecular weight is 180 g/mol. The Morgan fingerprint density at radius 1 is 1.18 bits per heavy atom. The molecule has 0 nitrogen and oxygen atoms in total. The van der Waals surface area contributed by atoms with E-state index in [1.54, 1.807) is 0 Å². The predicted molar refractivity (Wildman–Crippen MR) is 26.4 cm³/mol. The fraction of sp³-hybridized carbons (Fsp3) is 1.00. The van der Waals surface area contributed by atoms with Gasteiger partial charge in [0, 0.05) is 0 Å². The monoisotopic (exact) mass is 180 g/mol. The van der Waals surface area contributed by atoms with Crippen LogP contribution in [0.4, 0.5) is 26.3 Å². The van der Waals surface area contributed by atoms with Crippen LogP contribution in [0, 0.1) is 0 Å². The van der Waals surface area contributed by atoms with E-state index in [4.69, 9.17) is 0 Å². The lowest BCUT2D eigenvalue weighted by Gasteiger charge is -2.24. The lowest BCUT2D eigenvalue weighted by atomic mass is 10.1. The minimum absolute atomic E-state index is 0.254. The van der Waals surface area contributed by atoms with Gasteiger partial charge < -0.3 is 0 Å². The number of halogens is 6. The molecule has 0 rings (SSSR count). The molecule has 0 spiro atoms. The van der Waals surface area contributed by atoms with Gasteiger partial charge in [0.2, 0.25) is 0 Å². The summed E-state index contributed by atoms with van der Waals surface area (Å²) in [7, 11) is 0. The molecule has 68 valence electrons. The van der Waals surface area contributed by atoms with Crippen LogP contribution in [0.3, 0.4) is 0 Å².